The van der Waals surface area contributed by atoms with Gasteiger partial charge in [-0.2, -0.15) is 0 Å². The van der Waals surface area contributed by atoms with E-state index in [2.05, 4.69) is 58.9 Å². The first-order valence-corrected chi connectivity index (χ1v) is 37.8. The van der Waals surface area contributed by atoms with Crippen LogP contribution in [0, 0.1) is 0 Å². The molecule has 0 spiro atoms. The van der Waals surface area contributed by atoms with E-state index < -0.39 is 87.5 Å². The van der Waals surface area contributed by atoms with E-state index in [4.69, 9.17) is 26.5 Å². The van der Waals surface area contributed by atoms with Crippen molar-refractivity contribution in [2.45, 2.75) is 142 Å². The van der Waals surface area contributed by atoms with Gasteiger partial charge in [-0.25, -0.2) is 9.36 Å². The van der Waals surface area contributed by atoms with Gasteiger partial charge < -0.3 is 26.2 Å². The van der Waals surface area contributed by atoms with Gasteiger partial charge in [-0.15, -0.1) is 0 Å². The molecule has 0 amide bonds. The summed E-state index contributed by atoms with van der Waals surface area (Å²) < 4.78 is 56.6. The van der Waals surface area contributed by atoms with E-state index in [9.17, 15) is 14.2 Å². The lowest BCUT2D eigenvalue weighted by molar-refractivity contribution is -0.0162. The lowest BCUT2D eigenvalue weighted by Gasteiger charge is -2.36. The molecule has 2 heterocycles. The summed E-state index contributed by atoms with van der Waals surface area (Å²) in [4.78, 5) is 28.2. The van der Waals surface area contributed by atoms with Crippen LogP contribution in [-0.4, -0.2) is 83.1 Å². The second kappa shape index (κ2) is 13.7. The quantitative estimate of drug-likeness (QED) is 0.145. The molecule has 2 rings (SSSR count). The topological polar surface area (TPSA) is 116 Å². The standard InChI is InChI=1S/C27H61N2O9PSi6/c1-40(2,3)28-19-21(26(30)29(27(28)31)41(4,5)6)23-25(35-39(32,37-44(13,14)15)38-45(16,17)18)24(36-43(10,11)12)22(34-23)20-33-42(7,8)9/h19,22-25H,20H2,1-18H3. The minimum atomic E-state index is -4.18. The van der Waals surface area contributed by atoms with Crippen LogP contribution in [0.3, 0.4) is 0 Å². The summed E-state index contributed by atoms with van der Waals surface area (Å²) in [6.07, 6.45) is -1.75. The van der Waals surface area contributed by atoms with E-state index in [1.54, 1.807) is 10.4 Å². The average molecular weight is 757 g/mol. The van der Waals surface area contributed by atoms with E-state index in [0.29, 0.717) is 0 Å². The van der Waals surface area contributed by atoms with Crippen LogP contribution in [0.1, 0.15) is 11.7 Å². The second-order valence-electron chi connectivity index (χ2n) is 17.9. The smallest absolute Gasteiger partial charge is 0.415 e. The van der Waals surface area contributed by atoms with Crippen molar-refractivity contribution in [3.63, 3.8) is 0 Å². The van der Waals surface area contributed by atoms with Crippen LogP contribution in [0.25, 0.3) is 0 Å². The highest BCUT2D eigenvalue weighted by Crippen LogP contribution is 2.58. The fourth-order valence-electron chi connectivity index (χ4n) is 4.83. The predicted molar refractivity (Wildman–Crippen MR) is 199 cm³/mol. The fraction of sp³-hybridized carbons (Fsp3) is 0.852. The minimum absolute atomic E-state index is 0.213. The summed E-state index contributed by atoms with van der Waals surface area (Å²) in [7, 11) is -18.2. The van der Waals surface area contributed by atoms with Crippen LogP contribution in [-0.2, 0) is 31.1 Å². The molecule has 1 aliphatic rings. The molecule has 11 nitrogen and oxygen atoms in total. The van der Waals surface area contributed by atoms with Crippen molar-refractivity contribution in [3.05, 3.63) is 32.6 Å². The number of phosphoric acid groups is 1. The van der Waals surface area contributed by atoms with Crippen molar-refractivity contribution in [1.82, 2.24) is 8.47 Å². The summed E-state index contributed by atoms with van der Waals surface area (Å²) in [6, 6.07) is 0. The van der Waals surface area contributed by atoms with Crippen molar-refractivity contribution in [2.24, 2.45) is 0 Å². The Bertz CT molecular complexity index is 1340. The van der Waals surface area contributed by atoms with Crippen LogP contribution in [0.2, 0.25) is 118 Å². The molecule has 262 valence electrons. The Morgan fingerprint density at radius 2 is 1.20 bits per heavy atom. The van der Waals surface area contributed by atoms with Gasteiger partial charge in [0.15, 0.2) is 49.7 Å². The lowest BCUT2D eigenvalue weighted by atomic mass is 10.0. The summed E-state index contributed by atoms with van der Waals surface area (Å²) in [5, 5.41) is 0. The SMILES string of the molecule is C[Si](C)(C)OCC1OC(c2cn([Si](C)(C)C)c(=O)n([Si](C)(C)C)c2=O)C(OP(=O)(O[Si](C)(C)C)O[Si](C)(C)C)C1O[Si](C)(C)C. The highest BCUT2D eigenvalue weighted by Gasteiger charge is 2.54. The second-order valence-corrected chi connectivity index (χ2v) is 47.5. The minimum Gasteiger partial charge on any atom is -0.415 e. The summed E-state index contributed by atoms with van der Waals surface area (Å²) in [6.45, 7) is 36.3. The molecule has 1 saturated heterocycles. The number of ether oxygens (including phenoxy) is 1. The summed E-state index contributed by atoms with van der Waals surface area (Å²) in [5.41, 5.74) is -0.449. The molecule has 0 radical (unpaired) electrons. The van der Waals surface area contributed by atoms with Crippen LogP contribution < -0.4 is 11.2 Å². The molecule has 18 heteroatoms. The number of nitrogens with zero attached hydrogens (tertiary/aromatic N) is 2. The fourth-order valence-corrected chi connectivity index (χ4v) is 16.0. The van der Waals surface area contributed by atoms with E-state index in [1.165, 1.54) is 4.23 Å². The molecule has 0 aliphatic carbocycles. The maximum Gasteiger partial charge on any atom is 0.455 e. The highest BCUT2D eigenvalue weighted by molar-refractivity contribution is 7.52. The third-order valence-corrected chi connectivity index (χ3v) is 18.5. The third-order valence-electron chi connectivity index (χ3n) is 6.32. The van der Waals surface area contributed by atoms with Gasteiger partial charge in [-0.3, -0.25) is 13.6 Å². The van der Waals surface area contributed by atoms with Gasteiger partial charge in [0.2, 0.25) is 0 Å². The lowest BCUT2D eigenvalue weighted by Crippen LogP contribution is -2.57. The molecular weight excluding hydrogens is 696 g/mol. The molecule has 0 N–H and O–H groups in total. The van der Waals surface area contributed by atoms with Crippen LogP contribution in [0.15, 0.2) is 15.8 Å². The van der Waals surface area contributed by atoms with Gasteiger partial charge in [-0.05, 0) is 78.6 Å². The Hall–Kier alpha value is -0.0287. The van der Waals surface area contributed by atoms with Gasteiger partial charge >= 0.3 is 13.5 Å². The monoisotopic (exact) mass is 756 g/mol. The number of aromatic nitrogens is 2. The van der Waals surface area contributed by atoms with Gasteiger partial charge in [0.1, 0.15) is 24.4 Å². The zero-order valence-corrected chi connectivity index (χ0v) is 38.0. The molecule has 0 saturated carbocycles. The van der Waals surface area contributed by atoms with Crippen molar-refractivity contribution in [3.8, 4) is 0 Å². The average Bonchev–Trinajstić information content (AvgIpc) is 3.02. The first-order chi connectivity index (χ1) is 19.7. The maximum absolute atomic E-state index is 14.7. The highest BCUT2D eigenvalue weighted by atomic mass is 31.2. The molecule has 1 aliphatic heterocycles. The van der Waals surface area contributed by atoms with Crippen LogP contribution in [0.4, 0.5) is 0 Å². The van der Waals surface area contributed by atoms with Gasteiger partial charge in [0.25, 0.3) is 5.56 Å². The van der Waals surface area contributed by atoms with Crippen molar-refractivity contribution in [2.75, 3.05) is 6.61 Å². The zero-order chi connectivity index (χ0) is 35.4. The Kier molecular flexibility index (Phi) is 12.5. The van der Waals surface area contributed by atoms with Gasteiger partial charge in [-0.1, -0.05) is 39.3 Å². The zero-order valence-electron chi connectivity index (χ0n) is 31.1. The molecule has 45 heavy (non-hydrogen) atoms. The van der Waals surface area contributed by atoms with Crippen LogP contribution in [0.5, 0.6) is 0 Å². The van der Waals surface area contributed by atoms with E-state index in [1.807, 2.05) is 58.9 Å². The van der Waals surface area contributed by atoms with Gasteiger partial charge in [0, 0.05) is 6.20 Å². The van der Waals surface area contributed by atoms with E-state index in [0.717, 1.165) is 0 Å². The summed E-state index contributed by atoms with van der Waals surface area (Å²) in [5.74, 6) is 0. The number of hydrogen-bond acceptors (Lipinski definition) is 9. The molecule has 4 atom stereocenters. The first-order valence-electron chi connectivity index (χ1n) is 15.8. The first kappa shape index (κ1) is 41.1. The molecular formula is C27H61N2O9PSi6. The number of hydrogen-bond donors (Lipinski definition) is 0. The number of rotatable bonds is 14. The predicted octanol–water partition coefficient (Wildman–Crippen LogP) is 7.08. The molecule has 1 fully saturated rings. The van der Waals surface area contributed by atoms with Crippen molar-refractivity contribution in [1.29, 1.82) is 0 Å². The van der Waals surface area contributed by atoms with E-state index in [-0.39, 0.29) is 17.9 Å². The molecule has 0 bridgehead atoms. The normalized spacial score (nSPS) is 22.7. The Morgan fingerprint density at radius 1 is 0.711 bits per heavy atom. The molecule has 0 aromatic carbocycles. The van der Waals surface area contributed by atoms with Crippen molar-refractivity contribution < 1.29 is 31.1 Å². The molecule has 4 unspecified atom stereocenters. The Morgan fingerprint density at radius 3 is 1.58 bits per heavy atom. The maximum atomic E-state index is 14.7. The van der Waals surface area contributed by atoms with Crippen molar-refractivity contribution >= 4 is 57.6 Å². The summed E-state index contributed by atoms with van der Waals surface area (Å²) >= 11 is 0. The van der Waals surface area contributed by atoms with Gasteiger partial charge in [0.05, 0.1) is 12.2 Å². The Labute approximate surface area is 277 Å². The van der Waals surface area contributed by atoms with E-state index >= 15 is 0 Å². The molecule has 1 aromatic heterocycles. The molecule has 1 aromatic rings. The Balaban J connectivity index is 2.97. The van der Waals surface area contributed by atoms with Crippen LogP contribution >= 0.6 is 7.82 Å². The third kappa shape index (κ3) is 12.1. The largest absolute Gasteiger partial charge is 0.455 e.